The minimum absolute atomic E-state index is 0.0942. The molecule has 9 nitrogen and oxygen atoms in total. The van der Waals surface area contributed by atoms with Gasteiger partial charge >= 0.3 is 0 Å². The second-order valence-corrected chi connectivity index (χ2v) is 11.1. The van der Waals surface area contributed by atoms with Gasteiger partial charge < -0.3 is 0 Å². The first-order valence-corrected chi connectivity index (χ1v) is 12.5. The average molecular weight is 452 g/mol. The number of fused-ring (bicyclic) bond motifs is 1. The normalized spacial score (nSPS) is 17.7. The van der Waals surface area contributed by atoms with E-state index in [2.05, 4.69) is 0 Å². The van der Waals surface area contributed by atoms with Crippen LogP contribution in [-0.4, -0.2) is 45.7 Å². The number of sulfonamides is 2. The molecule has 0 spiro atoms. The van der Waals surface area contributed by atoms with Crippen LogP contribution in [0.25, 0.3) is 0 Å². The van der Waals surface area contributed by atoms with E-state index in [1.807, 2.05) is 0 Å². The predicted octanol–water partition coefficient (Wildman–Crippen LogP) is 2.52. The van der Waals surface area contributed by atoms with Crippen LogP contribution in [0.1, 0.15) is 24.8 Å². The van der Waals surface area contributed by atoms with Crippen molar-refractivity contribution in [1.82, 2.24) is 4.31 Å². The Bertz CT molecular complexity index is 1200. The van der Waals surface area contributed by atoms with E-state index in [-0.39, 0.29) is 16.3 Å². The molecule has 1 fully saturated rings. The fraction of sp³-hybridized carbons (Fsp3) is 0.368. The maximum atomic E-state index is 13.1. The van der Waals surface area contributed by atoms with Crippen molar-refractivity contribution in [2.75, 3.05) is 23.9 Å². The fourth-order valence-corrected chi connectivity index (χ4v) is 7.19. The molecule has 4 rings (SSSR count). The van der Waals surface area contributed by atoms with E-state index in [9.17, 15) is 26.9 Å². The van der Waals surface area contributed by atoms with Crippen LogP contribution in [0.4, 0.5) is 11.4 Å². The first-order chi connectivity index (χ1) is 14.2. The number of para-hydroxylation sites is 1. The van der Waals surface area contributed by atoms with Gasteiger partial charge in [-0.25, -0.2) is 16.8 Å². The predicted molar refractivity (Wildman–Crippen MR) is 110 cm³/mol. The molecule has 0 unspecified atom stereocenters. The van der Waals surface area contributed by atoms with Crippen LogP contribution in [0.15, 0.2) is 52.3 Å². The Morgan fingerprint density at radius 3 is 2.27 bits per heavy atom. The Hall–Kier alpha value is -2.50. The SMILES string of the molecule is O=[N+]([O-])c1ccccc1S(=O)(=O)N1CCc2cc(S(=O)(=O)N3CCCCC3)ccc21. The zero-order valence-corrected chi connectivity index (χ0v) is 17.7. The number of rotatable bonds is 5. The number of nitrogens with zero attached hydrogens (tertiary/aromatic N) is 3. The van der Waals surface area contributed by atoms with Crippen LogP contribution in [0, 0.1) is 10.1 Å². The van der Waals surface area contributed by atoms with E-state index in [4.69, 9.17) is 0 Å². The van der Waals surface area contributed by atoms with Crippen molar-refractivity contribution in [2.24, 2.45) is 0 Å². The molecule has 0 N–H and O–H groups in total. The molecule has 2 heterocycles. The summed E-state index contributed by atoms with van der Waals surface area (Å²) >= 11 is 0. The molecule has 0 radical (unpaired) electrons. The molecule has 160 valence electrons. The molecule has 2 aliphatic rings. The van der Waals surface area contributed by atoms with Gasteiger partial charge in [0.15, 0.2) is 4.90 Å². The second-order valence-electron chi connectivity index (χ2n) is 7.31. The Kier molecular flexibility index (Phi) is 5.28. The molecule has 1 saturated heterocycles. The zero-order chi connectivity index (χ0) is 21.5. The standard InChI is InChI=1S/C19H21N3O6S2/c23-22(24)18-6-2-3-7-19(18)30(27,28)21-13-10-15-14-16(8-9-17(15)21)29(25,26)20-11-4-1-5-12-20/h2-3,6-9,14H,1,4-5,10-13H2. The third-order valence-corrected chi connectivity index (χ3v) is 9.24. The third kappa shape index (κ3) is 3.46. The first-order valence-electron chi connectivity index (χ1n) is 9.62. The summed E-state index contributed by atoms with van der Waals surface area (Å²) in [7, 11) is -7.80. The van der Waals surface area contributed by atoms with Crippen LogP contribution in [0.3, 0.4) is 0 Å². The van der Waals surface area contributed by atoms with Gasteiger partial charge in [0, 0.05) is 25.7 Å². The summed E-state index contributed by atoms with van der Waals surface area (Å²) in [6, 6.07) is 9.62. The Morgan fingerprint density at radius 2 is 1.57 bits per heavy atom. The molecule has 2 aromatic carbocycles. The Morgan fingerprint density at radius 1 is 0.867 bits per heavy atom. The molecular formula is C19H21N3O6S2. The number of hydrogen-bond acceptors (Lipinski definition) is 6. The molecule has 30 heavy (non-hydrogen) atoms. The van der Waals surface area contributed by atoms with Crippen molar-refractivity contribution in [1.29, 1.82) is 0 Å². The number of nitro groups is 1. The lowest BCUT2D eigenvalue weighted by Gasteiger charge is -2.26. The van der Waals surface area contributed by atoms with E-state index in [0.29, 0.717) is 30.8 Å². The van der Waals surface area contributed by atoms with Gasteiger partial charge in [0.05, 0.1) is 15.5 Å². The van der Waals surface area contributed by atoms with Crippen molar-refractivity contribution >= 4 is 31.4 Å². The van der Waals surface area contributed by atoms with Gasteiger partial charge in [-0.1, -0.05) is 18.6 Å². The molecule has 2 aliphatic heterocycles. The average Bonchev–Trinajstić information content (AvgIpc) is 3.18. The van der Waals surface area contributed by atoms with Crippen LogP contribution in [0.2, 0.25) is 0 Å². The summed E-state index contributed by atoms with van der Waals surface area (Å²) in [6.45, 7) is 1.06. The summed E-state index contributed by atoms with van der Waals surface area (Å²) in [5, 5.41) is 11.3. The highest BCUT2D eigenvalue weighted by Crippen LogP contribution is 2.37. The van der Waals surface area contributed by atoms with E-state index >= 15 is 0 Å². The minimum atomic E-state index is -4.16. The molecule has 0 bridgehead atoms. The molecule has 0 amide bonds. The highest BCUT2D eigenvalue weighted by atomic mass is 32.2. The van der Waals surface area contributed by atoms with Crippen LogP contribution in [-0.2, 0) is 26.5 Å². The topological polar surface area (TPSA) is 118 Å². The highest BCUT2D eigenvalue weighted by Gasteiger charge is 2.36. The summed E-state index contributed by atoms with van der Waals surface area (Å²) in [5.41, 5.74) is 0.455. The van der Waals surface area contributed by atoms with Crippen molar-refractivity contribution in [2.45, 2.75) is 35.5 Å². The molecule has 11 heteroatoms. The second kappa shape index (κ2) is 7.64. The van der Waals surface area contributed by atoms with Gasteiger partial charge in [-0.15, -0.1) is 0 Å². The van der Waals surface area contributed by atoms with Crippen molar-refractivity contribution in [3.8, 4) is 0 Å². The summed E-state index contributed by atoms with van der Waals surface area (Å²) in [5.74, 6) is 0. The van der Waals surface area contributed by atoms with Gasteiger partial charge in [0.25, 0.3) is 15.7 Å². The number of nitro benzene ring substituents is 1. The smallest absolute Gasteiger partial charge is 0.266 e. The number of hydrogen-bond donors (Lipinski definition) is 0. The Labute approximate surface area is 175 Å². The lowest BCUT2D eigenvalue weighted by atomic mass is 10.2. The molecule has 0 atom stereocenters. The van der Waals surface area contributed by atoms with Gasteiger partial charge in [-0.05, 0) is 49.1 Å². The van der Waals surface area contributed by atoms with Crippen molar-refractivity contribution < 1.29 is 21.8 Å². The van der Waals surface area contributed by atoms with Gasteiger partial charge in [0.1, 0.15) is 0 Å². The van der Waals surface area contributed by atoms with Crippen LogP contribution in [0.5, 0.6) is 0 Å². The number of anilines is 1. The molecule has 0 aliphatic carbocycles. The Balaban J connectivity index is 1.70. The van der Waals surface area contributed by atoms with Crippen molar-refractivity contribution in [3.05, 3.63) is 58.1 Å². The molecule has 0 saturated carbocycles. The fourth-order valence-electron chi connectivity index (χ4n) is 3.96. The maximum Gasteiger partial charge on any atom is 0.289 e. The minimum Gasteiger partial charge on any atom is -0.266 e. The van der Waals surface area contributed by atoms with Gasteiger partial charge in [-0.3, -0.25) is 14.4 Å². The van der Waals surface area contributed by atoms with Gasteiger partial charge in [0.2, 0.25) is 10.0 Å². The lowest BCUT2D eigenvalue weighted by molar-refractivity contribution is -0.387. The molecule has 0 aromatic heterocycles. The van der Waals surface area contributed by atoms with E-state index in [1.54, 1.807) is 0 Å². The lowest BCUT2D eigenvalue weighted by Crippen LogP contribution is -2.35. The van der Waals surface area contributed by atoms with Crippen molar-refractivity contribution in [3.63, 3.8) is 0 Å². The molecular weight excluding hydrogens is 430 g/mol. The highest BCUT2D eigenvalue weighted by molar-refractivity contribution is 7.93. The van der Waals surface area contributed by atoms with E-state index in [1.165, 1.54) is 40.7 Å². The monoisotopic (exact) mass is 451 g/mol. The number of benzene rings is 2. The van der Waals surface area contributed by atoms with E-state index in [0.717, 1.165) is 29.6 Å². The first kappa shape index (κ1) is 20.8. The maximum absolute atomic E-state index is 13.1. The zero-order valence-electron chi connectivity index (χ0n) is 16.1. The summed E-state index contributed by atoms with van der Waals surface area (Å²) in [4.78, 5) is 10.3. The third-order valence-electron chi connectivity index (χ3n) is 5.49. The largest absolute Gasteiger partial charge is 0.289 e. The van der Waals surface area contributed by atoms with E-state index < -0.39 is 30.7 Å². The van der Waals surface area contributed by atoms with Crippen LogP contribution >= 0.6 is 0 Å². The molecule has 2 aromatic rings. The number of piperidine rings is 1. The van der Waals surface area contributed by atoms with Crippen LogP contribution < -0.4 is 4.31 Å². The summed E-state index contributed by atoms with van der Waals surface area (Å²) in [6.07, 6.45) is 2.99. The van der Waals surface area contributed by atoms with Gasteiger partial charge in [-0.2, -0.15) is 4.31 Å². The summed E-state index contributed by atoms with van der Waals surface area (Å²) < 4.78 is 54.7. The quantitative estimate of drug-likeness (QED) is 0.509.